The number of carbonyl (C=O) groups excluding carboxylic acids is 2. The van der Waals surface area contributed by atoms with Gasteiger partial charge in [0.15, 0.2) is 0 Å². The lowest BCUT2D eigenvalue weighted by Gasteiger charge is -2.05. The van der Waals surface area contributed by atoms with Crippen molar-refractivity contribution in [3.8, 4) is 0 Å². The molecule has 0 radical (unpaired) electrons. The normalized spacial score (nSPS) is 9.94. The summed E-state index contributed by atoms with van der Waals surface area (Å²) in [6.45, 7) is 0.403. The summed E-state index contributed by atoms with van der Waals surface area (Å²) in [7, 11) is 0. The van der Waals surface area contributed by atoms with Crippen molar-refractivity contribution in [3.63, 3.8) is 0 Å². The van der Waals surface area contributed by atoms with Crippen molar-refractivity contribution < 1.29 is 14.0 Å². The van der Waals surface area contributed by atoms with Gasteiger partial charge in [-0.1, -0.05) is 12.1 Å². The third-order valence-electron chi connectivity index (χ3n) is 2.25. The molecule has 1 rings (SSSR count). The summed E-state index contributed by atoms with van der Waals surface area (Å²) >= 11 is 0. The lowest BCUT2D eigenvalue weighted by molar-refractivity contribution is -0.118. The standard InChI is InChI=1S/C12H15FN2O2/c13-10-6-2-1-5-9(10)12(17)15-8-4-3-7-11(14)16/h1-2,5-6H,3-4,7-8H2,(H2,14,16)(H,15,17). The highest BCUT2D eigenvalue weighted by atomic mass is 19.1. The fourth-order valence-corrected chi connectivity index (χ4v) is 1.37. The Morgan fingerprint density at radius 2 is 1.94 bits per heavy atom. The van der Waals surface area contributed by atoms with Crippen molar-refractivity contribution >= 4 is 11.8 Å². The van der Waals surface area contributed by atoms with Crippen LogP contribution in [0.15, 0.2) is 24.3 Å². The van der Waals surface area contributed by atoms with Gasteiger partial charge in [0, 0.05) is 13.0 Å². The average Bonchev–Trinajstić information content (AvgIpc) is 2.28. The second-order valence-electron chi connectivity index (χ2n) is 3.66. The molecule has 0 aliphatic rings. The van der Waals surface area contributed by atoms with Crippen LogP contribution < -0.4 is 11.1 Å². The molecule has 0 bridgehead atoms. The van der Waals surface area contributed by atoms with Gasteiger partial charge >= 0.3 is 0 Å². The molecule has 1 aromatic carbocycles. The molecule has 0 spiro atoms. The molecule has 0 aliphatic carbocycles. The molecular weight excluding hydrogens is 223 g/mol. The van der Waals surface area contributed by atoms with Crippen LogP contribution in [0.3, 0.4) is 0 Å². The highest BCUT2D eigenvalue weighted by Gasteiger charge is 2.09. The second-order valence-corrected chi connectivity index (χ2v) is 3.66. The van der Waals surface area contributed by atoms with E-state index >= 15 is 0 Å². The van der Waals surface area contributed by atoms with E-state index in [0.717, 1.165) is 0 Å². The SMILES string of the molecule is NC(=O)CCCCNC(=O)c1ccccc1F. The number of nitrogens with two attached hydrogens (primary N) is 1. The molecule has 5 heteroatoms. The van der Waals surface area contributed by atoms with Crippen molar-refractivity contribution in [2.75, 3.05) is 6.54 Å². The fourth-order valence-electron chi connectivity index (χ4n) is 1.37. The largest absolute Gasteiger partial charge is 0.370 e. The first-order valence-corrected chi connectivity index (χ1v) is 5.42. The topological polar surface area (TPSA) is 72.2 Å². The van der Waals surface area contributed by atoms with E-state index in [1.807, 2.05) is 0 Å². The molecule has 0 saturated heterocycles. The Morgan fingerprint density at radius 3 is 2.59 bits per heavy atom. The lowest BCUT2D eigenvalue weighted by Crippen LogP contribution is -2.25. The molecular formula is C12H15FN2O2. The molecule has 0 aliphatic heterocycles. The first kappa shape index (κ1) is 13.2. The van der Waals surface area contributed by atoms with Crippen LogP contribution in [-0.4, -0.2) is 18.4 Å². The quantitative estimate of drug-likeness (QED) is 0.731. The number of nitrogens with one attached hydrogen (secondary N) is 1. The van der Waals surface area contributed by atoms with Gasteiger partial charge in [-0.3, -0.25) is 9.59 Å². The molecule has 3 N–H and O–H groups in total. The smallest absolute Gasteiger partial charge is 0.254 e. The average molecular weight is 238 g/mol. The predicted molar refractivity (Wildman–Crippen MR) is 61.8 cm³/mol. The van der Waals surface area contributed by atoms with E-state index in [1.165, 1.54) is 18.2 Å². The number of rotatable bonds is 6. The van der Waals surface area contributed by atoms with Crippen LogP contribution in [0.5, 0.6) is 0 Å². The summed E-state index contributed by atoms with van der Waals surface area (Å²) < 4.78 is 13.2. The highest BCUT2D eigenvalue weighted by molar-refractivity contribution is 5.94. The van der Waals surface area contributed by atoms with E-state index in [9.17, 15) is 14.0 Å². The summed E-state index contributed by atoms with van der Waals surface area (Å²) in [5.74, 6) is -1.34. The summed E-state index contributed by atoms with van der Waals surface area (Å²) in [6.07, 6.45) is 1.56. The van der Waals surface area contributed by atoms with E-state index in [-0.39, 0.29) is 11.5 Å². The maximum Gasteiger partial charge on any atom is 0.254 e. The van der Waals surface area contributed by atoms with Crippen LogP contribution in [0, 0.1) is 5.82 Å². The summed E-state index contributed by atoms with van der Waals surface area (Å²) in [4.78, 5) is 22.0. The van der Waals surface area contributed by atoms with Crippen LogP contribution in [0.4, 0.5) is 4.39 Å². The van der Waals surface area contributed by atoms with Crippen LogP contribution >= 0.6 is 0 Å². The van der Waals surface area contributed by atoms with Crippen molar-refractivity contribution in [3.05, 3.63) is 35.6 Å². The number of benzene rings is 1. The van der Waals surface area contributed by atoms with Gasteiger partial charge in [-0.15, -0.1) is 0 Å². The van der Waals surface area contributed by atoms with E-state index in [1.54, 1.807) is 6.07 Å². The van der Waals surface area contributed by atoms with Crippen molar-refractivity contribution in [1.82, 2.24) is 5.32 Å². The van der Waals surface area contributed by atoms with Crippen LogP contribution in [0.1, 0.15) is 29.6 Å². The lowest BCUT2D eigenvalue weighted by atomic mass is 10.2. The van der Waals surface area contributed by atoms with Gasteiger partial charge in [0.2, 0.25) is 5.91 Å². The number of carbonyl (C=O) groups is 2. The van der Waals surface area contributed by atoms with Crippen molar-refractivity contribution in [1.29, 1.82) is 0 Å². The Labute approximate surface area is 99.0 Å². The third-order valence-corrected chi connectivity index (χ3v) is 2.25. The van der Waals surface area contributed by atoms with Gasteiger partial charge in [-0.2, -0.15) is 0 Å². The molecule has 0 saturated carbocycles. The molecule has 0 aromatic heterocycles. The molecule has 0 atom stereocenters. The minimum absolute atomic E-state index is 0.0300. The van der Waals surface area contributed by atoms with Crippen LogP contribution in [-0.2, 0) is 4.79 Å². The van der Waals surface area contributed by atoms with Gasteiger partial charge in [0.25, 0.3) is 5.91 Å². The maximum atomic E-state index is 13.2. The maximum absolute atomic E-state index is 13.2. The molecule has 2 amide bonds. The second kappa shape index (κ2) is 6.62. The Morgan fingerprint density at radius 1 is 1.24 bits per heavy atom. The molecule has 4 nitrogen and oxygen atoms in total. The number of amides is 2. The molecule has 0 heterocycles. The first-order valence-electron chi connectivity index (χ1n) is 5.42. The number of hydrogen-bond acceptors (Lipinski definition) is 2. The molecule has 92 valence electrons. The number of unbranched alkanes of at least 4 members (excludes halogenated alkanes) is 1. The Kier molecular flexibility index (Phi) is 5.13. The van der Waals surface area contributed by atoms with Crippen molar-refractivity contribution in [2.45, 2.75) is 19.3 Å². The van der Waals surface area contributed by atoms with Gasteiger partial charge in [0.1, 0.15) is 5.82 Å². The fraction of sp³-hybridized carbons (Fsp3) is 0.333. The Balaban J connectivity index is 2.31. The number of halogens is 1. The summed E-state index contributed by atoms with van der Waals surface area (Å²) in [6, 6.07) is 5.79. The van der Waals surface area contributed by atoms with Crippen LogP contribution in [0.2, 0.25) is 0 Å². The first-order chi connectivity index (χ1) is 8.11. The zero-order valence-electron chi connectivity index (χ0n) is 9.41. The monoisotopic (exact) mass is 238 g/mol. The van der Waals surface area contributed by atoms with E-state index in [4.69, 9.17) is 5.73 Å². The third kappa shape index (κ3) is 4.63. The zero-order chi connectivity index (χ0) is 12.7. The number of hydrogen-bond donors (Lipinski definition) is 2. The van der Waals surface area contributed by atoms with E-state index in [0.29, 0.717) is 25.8 Å². The molecule has 17 heavy (non-hydrogen) atoms. The Bertz CT molecular complexity index is 407. The molecule has 1 aromatic rings. The van der Waals surface area contributed by atoms with E-state index < -0.39 is 11.7 Å². The molecule has 0 fully saturated rings. The van der Waals surface area contributed by atoms with Crippen molar-refractivity contribution in [2.24, 2.45) is 5.73 Å². The van der Waals surface area contributed by atoms with Gasteiger partial charge in [-0.05, 0) is 25.0 Å². The van der Waals surface area contributed by atoms with Gasteiger partial charge in [-0.25, -0.2) is 4.39 Å². The minimum atomic E-state index is -0.540. The predicted octanol–water partition coefficient (Wildman–Crippen LogP) is 1.21. The summed E-state index contributed by atoms with van der Waals surface area (Å²) in [5, 5.41) is 2.58. The number of primary amides is 1. The van der Waals surface area contributed by atoms with Gasteiger partial charge in [0.05, 0.1) is 5.56 Å². The van der Waals surface area contributed by atoms with E-state index in [2.05, 4.69) is 5.32 Å². The molecule has 0 unspecified atom stereocenters. The van der Waals surface area contributed by atoms with Crippen LogP contribution in [0.25, 0.3) is 0 Å². The Hall–Kier alpha value is -1.91. The van der Waals surface area contributed by atoms with Gasteiger partial charge < -0.3 is 11.1 Å². The minimum Gasteiger partial charge on any atom is -0.370 e. The summed E-state index contributed by atoms with van der Waals surface area (Å²) in [5.41, 5.74) is 5.00. The zero-order valence-corrected chi connectivity index (χ0v) is 9.41. The highest BCUT2D eigenvalue weighted by Crippen LogP contribution is 2.05.